The van der Waals surface area contributed by atoms with Crippen LogP contribution < -0.4 is 5.32 Å². The van der Waals surface area contributed by atoms with E-state index < -0.39 is 0 Å². The van der Waals surface area contributed by atoms with Gasteiger partial charge < -0.3 is 10.2 Å². The van der Waals surface area contributed by atoms with Crippen molar-refractivity contribution in [2.45, 2.75) is 13.0 Å². The van der Waals surface area contributed by atoms with E-state index >= 15 is 0 Å². The Hall–Kier alpha value is -1.10. The fraction of sp³-hybridized carbons (Fsp3) is 0.750. The standard InChI is InChI=1S/C8H15N3O2/c1-6(4-9-2)11-5-7(12)10(3)8(11)13/h6,9H,4-5H2,1-3H3. The predicted octanol–water partition coefficient (Wildman–Crippen LogP) is -0.512. The van der Waals surface area contributed by atoms with E-state index in [4.69, 9.17) is 0 Å². The van der Waals surface area contributed by atoms with Gasteiger partial charge in [0.25, 0.3) is 0 Å². The molecule has 1 unspecified atom stereocenters. The van der Waals surface area contributed by atoms with E-state index in [1.165, 1.54) is 7.05 Å². The number of nitrogens with one attached hydrogen (secondary N) is 1. The van der Waals surface area contributed by atoms with Crippen LogP contribution in [0.2, 0.25) is 0 Å². The number of likely N-dealkylation sites (N-methyl/N-ethyl adjacent to an activating group) is 2. The second-order valence-corrected chi connectivity index (χ2v) is 3.27. The number of hydrogen-bond acceptors (Lipinski definition) is 3. The van der Waals surface area contributed by atoms with Gasteiger partial charge >= 0.3 is 6.03 Å². The van der Waals surface area contributed by atoms with Crippen molar-refractivity contribution in [2.24, 2.45) is 0 Å². The molecule has 1 saturated heterocycles. The van der Waals surface area contributed by atoms with Crippen molar-refractivity contribution in [3.63, 3.8) is 0 Å². The highest BCUT2D eigenvalue weighted by molar-refractivity contribution is 6.01. The smallest absolute Gasteiger partial charge is 0.318 e. The molecule has 1 fully saturated rings. The zero-order valence-electron chi connectivity index (χ0n) is 8.20. The summed E-state index contributed by atoms with van der Waals surface area (Å²) in [7, 11) is 3.33. The van der Waals surface area contributed by atoms with Gasteiger partial charge in [0, 0.05) is 19.6 Å². The van der Waals surface area contributed by atoms with Crippen LogP contribution >= 0.6 is 0 Å². The third-order valence-electron chi connectivity index (χ3n) is 2.24. The summed E-state index contributed by atoms with van der Waals surface area (Å²) in [6, 6.07) is -0.140. The first-order chi connectivity index (χ1) is 6.07. The summed E-state index contributed by atoms with van der Waals surface area (Å²) >= 11 is 0. The summed E-state index contributed by atoms with van der Waals surface area (Å²) in [6.07, 6.45) is 0. The molecule has 0 aromatic carbocycles. The van der Waals surface area contributed by atoms with Crippen molar-refractivity contribution in [1.29, 1.82) is 0 Å². The van der Waals surface area contributed by atoms with E-state index in [0.29, 0.717) is 6.54 Å². The van der Waals surface area contributed by atoms with Gasteiger partial charge in [-0.3, -0.25) is 9.69 Å². The summed E-state index contributed by atoms with van der Waals surface area (Å²) in [6.45, 7) is 2.83. The molecular formula is C8H15N3O2. The van der Waals surface area contributed by atoms with Crippen molar-refractivity contribution in [2.75, 3.05) is 27.2 Å². The first kappa shape index (κ1) is 9.98. The zero-order chi connectivity index (χ0) is 10.0. The minimum atomic E-state index is -0.201. The highest BCUT2D eigenvalue weighted by Crippen LogP contribution is 2.10. The lowest BCUT2D eigenvalue weighted by Crippen LogP contribution is -2.41. The van der Waals surface area contributed by atoms with Crippen LogP contribution in [-0.2, 0) is 4.79 Å². The molecule has 1 N–H and O–H groups in total. The molecule has 1 atom stereocenters. The minimum Gasteiger partial charge on any atom is -0.318 e. The SMILES string of the molecule is CNCC(C)N1CC(=O)N(C)C1=O. The third kappa shape index (κ3) is 1.80. The van der Waals surface area contributed by atoms with Gasteiger partial charge in [-0.2, -0.15) is 0 Å². The molecule has 1 aliphatic heterocycles. The molecular weight excluding hydrogens is 170 g/mol. The maximum atomic E-state index is 11.4. The van der Waals surface area contributed by atoms with Crippen molar-refractivity contribution in [3.05, 3.63) is 0 Å². The Kier molecular flexibility index (Phi) is 2.87. The van der Waals surface area contributed by atoms with Crippen LogP contribution in [0.25, 0.3) is 0 Å². The van der Waals surface area contributed by atoms with Crippen LogP contribution in [0.4, 0.5) is 4.79 Å². The number of imide groups is 1. The summed E-state index contributed by atoms with van der Waals surface area (Å²) < 4.78 is 0. The van der Waals surface area contributed by atoms with E-state index in [0.717, 1.165) is 4.90 Å². The van der Waals surface area contributed by atoms with Crippen molar-refractivity contribution >= 4 is 11.9 Å². The Balaban J connectivity index is 2.62. The van der Waals surface area contributed by atoms with E-state index in [1.54, 1.807) is 4.90 Å². The number of urea groups is 1. The Bertz CT molecular complexity index is 229. The first-order valence-electron chi connectivity index (χ1n) is 4.29. The van der Waals surface area contributed by atoms with Crippen LogP contribution in [0.1, 0.15) is 6.92 Å². The monoisotopic (exact) mass is 185 g/mol. The molecule has 0 bridgehead atoms. The number of amides is 3. The molecule has 0 saturated carbocycles. The molecule has 13 heavy (non-hydrogen) atoms. The maximum Gasteiger partial charge on any atom is 0.327 e. The van der Waals surface area contributed by atoms with Crippen molar-refractivity contribution in [3.8, 4) is 0 Å². The number of carbonyl (C=O) groups is 2. The molecule has 1 rings (SSSR count). The zero-order valence-corrected chi connectivity index (χ0v) is 8.20. The molecule has 0 radical (unpaired) electrons. The third-order valence-corrected chi connectivity index (χ3v) is 2.24. The molecule has 0 aliphatic carbocycles. The van der Waals surface area contributed by atoms with Gasteiger partial charge in [0.1, 0.15) is 6.54 Å². The first-order valence-corrected chi connectivity index (χ1v) is 4.29. The Morgan fingerprint density at radius 2 is 2.15 bits per heavy atom. The molecule has 0 spiro atoms. The normalized spacial score (nSPS) is 19.9. The highest BCUT2D eigenvalue weighted by atomic mass is 16.2. The Morgan fingerprint density at radius 3 is 2.54 bits per heavy atom. The van der Waals surface area contributed by atoms with Crippen LogP contribution in [0.15, 0.2) is 0 Å². The Labute approximate surface area is 77.7 Å². The minimum absolute atomic E-state index is 0.0615. The molecule has 1 aliphatic rings. The number of nitrogens with zero attached hydrogens (tertiary/aromatic N) is 2. The second-order valence-electron chi connectivity index (χ2n) is 3.27. The van der Waals surface area contributed by atoms with Crippen LogP contribution in [0, 0.1) is 0 Å². The molecule has 0 aromatic heterocycles. The number of rotatable bonds is 3. The molecule has 74 valence electrons. The second kappa shape index (κ2) is 3.74. The fourth-order valence-electron chi connectivity index (χ4n) is 1.37. The van der Waals surface area contributed by atoms with E-state index in [2.05, 4.69) is 5.32 Å². The topological polar surface area (TPSA) is 52.7 Å². The van der Waals surface area contributed by atoms with E-state index in [9.17, 15) is 9.59 Å². The van der Waals surface area contributed by atoms with Crippen molar-refractivity contribution in [1.82, 2.24) is 15.1 Å². The fourth-order valence-corrected chi connectivity index (χ4v) is 1.37. The molecule has 3 amide bonds. The lowest BCUT2D eigenvalue weighted by atomic mass is 10.3. The predicted molar refractivity (Wildman–Crippen MR) is 48.3 cm³/mol. The average molecular weight is 185 g/mol. The lowest BCUT2D eigenvalue weighted by Gasteiger charge is -2.22. The summed E-state index contributed by atoms with van der Waals surface area (Å²) in [5, 5.41) is 2.97. The van der Waals surface area contributed by atoms with Gasteiger partial charge in [-0.15, -0.1) is 0 Å². The summed E-state index contributed by atoms with van der Waals surface area (Å²) in [4.78, 5) is 25.3. The van der Waals surface area contributed by atoms with Gasteiger partial charge in [0.15, 0.2) is 0 Å². The van der Waals surface area contributed by atoms with Crippen molar-refractivity contribution < 1.29 is 9.59 Å². The van der Waals surface area contributed by atoms with Crippen LogP contribution in [-0.4, -0.2) is 55.0 Å². The molecule has 5 heteroatoms. The maximum absolute atomic E-state index is 11.4. The molecule has 0 aromatic rings. The van der Waals surface area contributed by atoms with Gasteiger partial charge in [-0.05, 0) is 14.0 Å². The number of carbonyl (C=O) groups excluding carboxylic acids is 2. The van der Waals surface area contributed by atoms with Crippen LogP contribution in [0.5, 0.6) is 0 Å². The molecule has 5 nitrogen and oxygen atoms in total. The highest BCUT2D eigenvalue weighted by Gasteiger charge is 2.35. The quantitative estimate of drug-likeness (QED) is 0.602. The van der Waals surface area contributed by atoms with Gasteiger partial charge in [-0.1, -0.05) is 0 Å². The Morgan fingerprint density at radius 1 is 1.54 bits per heavy atom. The van der Waals surface area contributed by atoms with Gasteiger partial charge in [0.2, 0.25) is 5.91 Å². The summed E-state index contributed by atoms with van der Waals surface area (Å²) in [5.41, 5.74) is 0. The van der Waals surface area contributed by atoms with Gasteiger partial charge in [0.05, 0.1) is 0 Å². The summed E-state index contributed by atoms with van der Waals surface area (Å²) in [5.74, 6) is -0.132. The molecule has 1 heterocycles. The van der Waals surface area contributed by atoms with E-state index in [-0.39, 0.29) is 24.5 Å². The van der Waals surface area contributed by atoms with E-state index in [1.807, 2.05) is 14.0 Å². The lowest BCUT2D eigenvalue weighted by molar-refractivity contribution is -0.124. The largest absolute Gasteiger partial charge is 0.327 e. The van der Waals surface area contributed by atoms with Crippen LogP contribution in [0.3, 0.4) is 0 Å². The number of hydrogen-bond donors (Lipinski definition) is 1. The van der Waals surface area contributed by atoms with Gasteiger partial charge in [-0.25, -0.2) is 4.79 Å². The average Bonchev–Trinajstić information content (AvgIpc) is 2.33.